The Hall–Kier alpha value is -1.89. The molecule has 2 aliphatic rings. The number of nitrogens with zero attached hydrogens (tertiary/aromatic N) is 4. The van der Waals surface area contributed by atoms with Crippen molar-refractivity contribution >= 4 is 11.7 Å². The molecule has 120 valence electrons. The van der Waals surface area contributed by atoms with Crippen LogP contribution in [0.1, 0.15) is 19.8 Å². The number of aromatic nitrogens is 2. The van der Waals surface area contributed by atoms with Gasteiger partial charge in [0.25, 0.3) is 0 Å². The Bertz CT molecular complexity index is 519. The van der Waals surface area contributed by atoms with Crippen molar-refractivity contribution in [2.75, 3.05) is 44.3 Å². The molecule has 2 aliphatic heterocycles. The van der Waals surface area contributed by atoms with Crippen LogP contribution in [-0.2, 0) is 9.53 Å². The lowest BCUT2D eigenvalue weighted by molar-refractivity contribution is -0.130. The van der Waals surface area contributed by atoms with Crippen LogP contribution in [0.25, 0.3) is 0 Å². The molecule has 2 fully saturated rings. The largest absolute Gasteiger partial charge is 0.472 e. The second-order valence-corrected chi connectivity index (χ2v) is 5.54. The zero-order valence-electron chi connectivity index (χ0n) is 12.9. The summed E-state index contributed by atoms with van der Waals surface area (Å²) >= 11 is 0. The first-order valence-electron chi connectivity index (χ1n) is 7.85. The minimum absolute atomic E-state index is 0.0166. The van der Waals surface area contributed by atoms with Crippen molar-refractivity contribution in [3.05, 3.63) is 12.4 Å². The van der Waals surface area contributed by atoms with E-state index in [1.165, 1.54) is 6.33 Å². The van der Waals surface area contributed by atoms with Crippen molar-refractivity contribution in [1.29, 1.82) is 0 Å². The maximum Gasteiger partial charge on any atom is 0.222 e. The molecule has 7 nitrogen and oxygen atoms in total. The van der Waals surface area contributed by atoms with Gasteiger partial charge >= 0.3 is 0 Å². The number of anilines is 1. The van der Waals surface area contributed by atoms with Crippen LogP contribution < -0.4 is 9.64 Å². The van der Waals surface area contributed by atoms with Crippen LogP contribution in [0.2, 0.25) is 0 Å². The zero-order valence-corrected chi connectivity index (χ0v) is 12.9. The van der Waals surface area contributed by atoms with Crippen LogP contribution in [-0.4, -0.2) is 66.3 Å². The highest BCUT2D eigenvalue weighted by Gasteiger charge is 2.27. The molecule has 1 unspecified atom stereocenters. The van der Waals surface area contributed by atoms with Crippen LogP contribution in [0.4, 0.5) is 5.82 Å². The summed E-state index contributed by atoms with van der Waals surface area (Å²) in [7, 11) is 0. The van der Waals surface area contributed by atoms with E-state index in [9.17, 15) is 4.79 Å². The Morgan fingerprint density at radius 3 is 2.95 bits per heavy atom. The van der Waals surface area contributed by atoms with Crippen LogP contribution >= 0.6 is 0 Å². The number of likely N-dealkylation sites (tertiary alicyclic amines) is 1. The topological polar surface area (TPSA) is 67.8 Å². The average Bonchev–Trinajstić information content (AvgIpc) is 3.04. The van der Waals surface area contributed by atoms with Gasteiger partial charge in [-0.1, -0.05) is 6.92 Å². The lowest BCUT2D eigenvalue weighted by Gasteiger charge is -2.27. The van der Waals surface area contributed by atoms with E-state index >= 15 is 0 Å². The molecule has 0 N–H and O–H groups in total. The summed E-state index contributed by atoms with van der Waals surface area (Å²) in [4.78, 5) is 24.2. The maximum absolute atomic E-state index is 11.7. The number of ether oxygens (including phenoxy) is 2. The van der Waals surface area contributed by atoms with Crippen molar-refractivity contribution < 1.29 is 14.3 Å². The summed E-state index contributed by atoms with van der Waals surface area (Å²) in [5, 5.41) is 0. The Morgan fingerprint density at radius 2 is 2.18 bits per heavy atom. The van der Waals surface area contributed by atoms with E-state index < -0.39 is 0 Å². The van der Waals surface area contributed by atoms with Gasteiger partial charge in [0.1, 0.15) is 18.2 Å². The van der Waals surface area contributed by atoms with Gasteiger partial charge in [0, 0.05) is 38.5 Å². The zero-order chi connectivity index (χ0) is 15.4. The molecule has 0 radical (unpaired) electrons. The Balaban J connectivity index is 1.60. The molecule has 0 bridgehead atoms. The predicted molar refractivity (Wildman–Crippen MR) is 81.0 cm³/mol. The van der Waals surface area contributed by atoms with Crippen molar-refractivity contribution in [1.82, 2.24) is 14.9 Å². The number of morpholine rings is 1. The normalized spacial score (nSPS) is 22.0. The molecule has 0 aliphatic carbocycles. The van der Waals surface area contributed by atoms with Crippen LogP contribution in [0.5, 0.6) is 5.88 Å². The van der Waals surface area contributed by atoms with Gasteiger partial charge in [-0.15, -0.1) is 0 Å². The Kier molecular flexibility index (Phi) is 4.72. The Labute approximate surface area is 130 Å². The summed E-state index contributed by atoms with van der Waals surface area (Å²) in [6.45, 7) is 6.39. The molecule has 1 amide bonds. The van der Waals surface area contributed by atoms with E-state index in [-0.39, 0.29) is 12.0 Å². The van der Waals surface area contributed by atoms with Gasteiger partial charge in [0.2, 0.25) is 11.8 Å². The van der Waals surface area contributed by atoms with Gasteiger partial charge < -0.3 is 19.3 Å². The number of amides is 1. The number of carbonyl (C=O) groups is 1. The average molecular weight is 306 g/mol. The molecule has 0 saturated carbocycles. The fourth-order valence-corrected chi connectivity index (χ4v) is 2.81. The molecule has 3 heterocycles. The summed E-state index contributed by atoms with van der Waals surface area (Å²) in [6, 6.07) is 1.87. The predicted octanol–water partition coefficient (Wildman–Crippen LogP) is 0.703. The van der Waals surface area contributed by atoms with Gasteiger partial charge in [-0.05, 0) is 0 Å². The third-order valence-corrected chi connectivity index (χ3v) is 4.05. The van der Waals surface area contributed by atoms with Gasteiger partial charge in [-0.25, -0.2) is 9.97 Å². The van der Waals surface area contributed by atoms with Crippen molar-refractivity contribution in [2.45, 2.75) is 25.9 Å². The van der Waals surface area contributed by atoms with Gasteiger partial charge in [0.15, 0.2) is 0 Å². The highest BCUT2D eigenvalue weighted by Crippen LogP contribution is 2.21. The first-order chi connectivity index (χ1) is 10.8. The molecule has 3 rings (SSSR count). The Morgan fingerprint density at radius 1 is 1.36 bits per heavy atom. The molecule has 1 aromatic rings. The first-order valence-corrected chi connectivity index (χ1v) is 7.85. The summed E-state index contributed by atoms with van der Waals surface area (Å²) in [5.74, 6) is 1.63. The van der Waals surface area contributed by atoms with E-state index in [0.717, 1.165) is 45.1 Å². The fourth-order valence-electron chi connectivity index (χ4n) is 2.81. The fraction of sp³-hybridized carbons (Fsp3) is 0.667. The molecule has 7 heteroatoms. The van der Waals surface area contributed by atoms with E-state index in [1.54, 1.807) is 0 Å². The minimum atomic E-state index is 0.0166. The number of carbonyl (C=O) groups excluding carboxylic acids is 1. The monoisotopic (exact) mass is 306 g/mol. The lowest BCUT2D eigenvalue weighted by atomic mass is 10.3. The molecule has 1 atom stereocenters. The minimum Gasteiger partial charge on any atom is -0.472 e. The molecule has 1 aromatic heterocycles. The van der Waals surface area contributed by atoms with Crippen LogP contribution in [0.3, 0.4) is 0 Å². The van der Waals surface area contributed by atoms with Gasteiger partial charge in [0.05, 0.1) is 19.8 Å². The molecule has 22 heavy (non-hydrogen) atoms. The number of rotatable bonds is 4. The highest BCUT2D eigenvalue weighted by atomic mass is 16.5. The van der Waals surface area contributed by atoms with Crippen molar-refractivity contribution in [2.24, 2.45) is 0 Å². The SMILES string of the molecule is CCC(=O)N1CCC(Oc2cc(N3CCOCC3)ncn2)C1. The van der Waals surface area contributed by atoms with Crippen LogP contribution in [0, 0.1) is 0 Å². The summed E-state index contributed by atoms with van der Waals surface area (Å²) < 4.78 is 11.3. The summed E-state index contributed by atoms with van der Waals surface area (Å²) in [6.07, 6.45) is 2.94. The molecular weight excluding hydrogens is 284 g/mol. The highest BCUT2D eigenvalue weighted by molar-refractivity contribution is 5.76. The van der Waals surface area contributed by atoms with E-state index in [4.69, 9.17) is 9.47 Å². The van der Waals surface area contributed by atoms with E-state index in [2.05, 4.69) is 14.9 Å². The number of hydrogen-bond donors (Lipinski definition) is 0. The third-order valence-electron chi connectivity index (χ3n) is 4.05. The summed E-state index contributed by atoms with van der Waals surface area (Å²) in [5.41, 5.74) is 0. The number of hydrogen-bond acceptors (Lipinski definition) is 6. The maximum atomic E-state index is 11.7. The van der Waals surface area contributed by atoms with E-state index in [0.29, 0.717) is 18.8 Å². The van der Waals surface area contributed by atoms with Crippen molar-refractivity contribution in [3.63, 3.8) is 0 Å². The second kappa shape index (κ2) is 6.91. The van der Waals surface area contributed by atoms with Gasteiger partial charge in [-0.3, -0.25) is 4.79 Å². The molecule has 0 aromatic carbocycles. The quantitative estimate of drug-likeness (QED) is 0.816. The lowest BCUT2D eigenvalue weighted by Crippen LogP contribution is -2.36. The van der Waals surface area contributed by atoms with Gasteiger partial charge in [-0.2, -0.15) is 0 Å². The van der Waals surface area contributed by atoms with Crippen LogP contribution in [0.15, 0.2) is 12.4 Å². The molecule has 0 spiro atoms. The van der Waals surface area contributed by atoms with E-state index in [1.807, 2.05) is 17.9 Å². The molecule has 2 saturated heterocycles. The third kappa shape index (κ3) is 3.47. The standard InChI is InChI=1S/C15H22N4O3/c1-2-15(20)19-4-3-12(10-19)22-14-9-13(16-11-17-14)18-5-7-21-8-6-18/h9,11-12H,2-8,10H2,1H3. The van der Waals surface area contributed by atoms with Crippen molar-refractivity contribution in [3.8, 4) is 5.88 Å². The molecular formula is C15H22N4O3. The second-order valence-electron chi connectivity index (χ2n) is 5.54. The first kappa shape index (κ1) is 15.0. The smallest absolute Gasteiger partial charge is 0.222 e.